The largest absolute Gasteiger partial charge is 0.468 e. The van der Waals surface area contributed by atoms with Crippen LogP contribution in [0.15, 0.2) is 70.7 Å². The molecule has 0 amide bonds. The fourth-order valence-electron chi connectivity index (χ4n) is 3.29. The zero-order chi connectivity index (χ0) is 17.4. The third-order valence-electron chi connectivity index (χ3n) is 4.32. The molecular formula is C20H17NO4. The molecule has 3 aromatic rings. The van der Waals surface area contributed by atoms with Crippen molar-refractivity contribution in [3.8, 4) is 5.75 Å². The Hall–Kier alpha value is -3.21. The Kier molecular flexibility index (Phi) is 3.69. The first kappa shape index (κ1) is 15.3. The molecule has 0 radical (unpaired) electrons. The highest BCUT2D eigenvalue weighted by atomic mass is 16.5. The lowest BCUT2D eigenvalue weighted by Gasteiger charge is -2.28. The van der Waals surface area contributed by atoms with Crippen molar-refractivity contribution in [3.63, 3.8) is 0 Å². The molecule has 1 aromatic heterocycles. The predicted octanol–water partition coefficient (Wildman–Crippen LogP) is 3.69. The van der Waals surface area contributed by atoms with Crippen LogP contribution in [0.5, 0.6) is 5.75 Å². The van der Waals surface area contributed by atoms with Gasteiger partial charge in [0.05, 0.1) is 18.8 Å². The molecular weight excluding hydrogens is 318 g/mol. The summed E-state index contributed by atoms with van der Waals surface area (Å²) in [6, 6.07) is 15.4. The summed E-state index contributed by atoms with van der Waals surface area (Å²) >= 11 is 0. The molecule has 0 unspecified atom stereocenters. The average Bonchev–Trinajstić information content (AvgIpc) is 3.14. The third-order valence-corrected chi connectivity index (χ3v) is 4.32. The Bertz CT molecular complexity index is 973. The fraction of sp³-hybridized carbons (Fsp3) is 0.150. The van der Waals surface area contributed by atoms with Gasteiger partial charge in [-0.15, -0.1) is 0 Å². The van der Waals surface area contributed by atoms with Crippen LogP contribution < -0.4 is 10.5 Å². The van der Waals surface area contributed by atoms with Crippen molar-refractivity contribution in [2.45, 2.75) is 12.8 Å². The monoisotopic (exact) mass is 335 g/mol. The second-order valence-electron chi connectivity index (χ2n) is 5.75. The Morgan fingerprint density at radius 3 is 2.76 bits per heavy atom. The summed E-state index contributed by atoms with van der Waals surface area (Å²) in [4.78, 5) is 12.6. The number of benzene rings is 2. The smallest absolute Gasteiger partial charge is 0.340 e. The Labute approximate surface area is 144 Å². The van der Waals surface area contributed by atoms with Crippen LogP contribution in [0.2, 0.25) is 0 Å². The van der Waals surface area contributed by atoms with Crippen molar-refractivity contribution in [1.82, 2.24) is 0 Å². The van der Waals surface area contributed by atoms with Crippen LogP contribution in [0, 0.1) is 0 Å². The Morgan fingerprint density at radius 1 is 1.16 bits per heavy atom. The maximum absolute atomic E-state index is 12.6. The van der Waals surface area contributed by atoms with E-state index in [-0.39, 0.29) is 18.1 Å². The van der Waals surface area contributed by atoms with Crippen molar-refractivity contribution in [2.75, 3.05) is 6.61 Å². The Balaban J connectivity index is 2.00. The Morgan fingerprint density at radius 2 is 2.00 bits per heavy atom. The molecule has 25 heavy (non-hydrogen) atoms. The van der Waals surface area contributed by atoms with Gasteiger partial charge in [-0.1, -0.05) is 30.3 Å². The number of fused-ring (bicyclic) bond motifs is 3. The van der Waals surface area contributed by atoms with Gasteiger partial charge in [0.25, 0.3) is 0 Å². The molecule has 0 spiro atoms. The third kappa shape index (κ3) is 2.45. The normalized spacial score (nSPS) is 16.4. The number of hydrogen-bond acceptors (Lipinski definition) is 5. The average molecular weight is 335 g/mol. The molecule has 0 saturated heterocycles. The summed E-state index contributed by atoms with van der Waals surface area (Å²) in [6.45, 7) is 2.01. The number of nitrogens with two attached hydrogens (primary N) is 1. The summed E-state index contributed by atoms with van der Waals surface area (Å²) in [6.07, 6.45) is 1.58. The molecule has 1 aliphatic rings. The molecule has 4 rings (SSSR count). The lowest BCUT2D eigenvalue weighted by molar-refractivity contribution is -0.139. The molecule has 1 aliphatic heterocycles. The number of esters is 1. The van der Waals surface area contributed by atoms with Crippen LogP contribution in [-0.4, -0.2) is 12.6 Å². The first-order valence-corrected chi connectivity index (χ1v) is 8.10. The van der Waals surface area contributed by atoms with E-state index in [2.05, 4.69) is 0 Å². The zero-order valence-corrected chi connectivity index (χ0v) is 13.7. The molecule has 5 heteroatoms. The van der Waals surface area contributed by atoms with E-state index in [1.807, 2.05) is 42.5 Å². The van der Waals surface area contributed by atoms with Gasteiger partial charge < -0.3 is 19.6 Å². The number of carbonyl (C=O) groups is 1. The minimum absolute atomic E-state index is 0.0441. The molecule has 0 fully saturated rings. The molecule has 126 valence electrons. The predicted molar refractivity (Wildman–Crippen MR) is 93.0 cm³/mol. The molecule has 2 N–H and O–H groups in total. The number of rotatable bonds is 3. The summed E-state index contributed by atoms with van der Waals surface area (Å²) in [5.74, 6) is 0.295. The summed E-state index contributed by atoms with van der Waals surface area (Å²) in [7, 11) is 0. The highest BCUT2D eigenvalue weighted by Crippen LogP contribution is 2.46. The molecule has 1 atom stereocenters. The molecule has 2 heterocycles. The van der Waals surface area contributed by atoms with Crippen LogP contribution in [0.3, 0.4) is 0 Å². The second-order valence-corrected chi connectivity index (χ2v) is 5.75. The van der Waals surface area contributed by atoms with E-state index in [1.54, 1.807) is 19.3 Å². The standard InChI is InChI=1S/C20H17NO4/c1-2-23-20(22)18-17(14-8-5-11-24-14)16-13-7-4-3-6-12(13)9-10-15(16)25-19(18)21/h3-11,17H,2,21H2,1H3/t17-/m1/s1. The minimum Gasteiger partial charge on any atom is -0.468 e. The summed E-state index contributed by atoms with van der Waals surface area (Å²) in [5.41, 5.74) is 7.20. The van der Waals surface area contributed by atoms with Crippen molar-refractivity contribution in [1.29, 1.82) is 0 Å². The lowest BCUT2D eigenvalue weighted by atomic mass is 9.83. The van der Waals surface area contributed by atoms with Gasteiger partial charge in [0.2, 0.25) is 5.88 Å². The van der Waals surface area contributed by atoms with E-state index in [1.165, 1.54) is 0 Å². The van der Waals surface area contributed by atoms with Crippen LogP contribution in [0.25, 0.3) is 10.8 Å². The molecule has 0 bridgehead atoms. The van der Waals surface area contributed by atoms with Gasteiger partial charge in [-0.3, -0.25) is 0 Å². The minimum atomic E-state index is -0.500. The highest BCUT2D eigenvalue weighted by molar-refractivity contribution is 5.96. The van der Waals surface area contributed by atoms with Gasteiger partial charge in [0.15, 0.2) is 0 Å². The lowest BCUT2D eigenvalue weighted by Crippen LogP contribution is -2.27. The fourth-order valence-corrected chi connectivity index (χ4v) is 3.29. The van der Waals surface area contributed by atoms with E-state index in [9.17, 15) is 4.79 Å². The van der Waals surface area contributed by atoms with Gasteiger partial charge in [-0.2, -0.15) is 0 Å². The van der Waals surface area contributed by atoms with Gasteiger partial charge in [0, 0.05) is 5.56 Å². The maximum atomic E-state index is 12.6. The van der Waals surface area contributed by atoms with E-state index >= 15 is 0 Å². The van der Waals surface area contributed by atoms with Crippen molar-refractivity contribution >= 4 is 16.7 Å². The topological polar surface area (TPSA) is 74.7 Å². The van der Waals surface area contributed by atoms with Crippen molar-refractivity contribution in [3.05, 3.63) is 77.6 Å². The molecule has 2 aromatic carbocycles. The maximum Gasteiger partial charge on any atom is 0.340 e. The van der Waals surface area contributed by atoms with E-state index in [0.29, 0.717) is 11.5 Å². The number of hydrogen-bond donors (Lipinski definition) is 1. The number of carbonyl (C=O) groups excluding carboxylic acids is 1. The highest BCUT2D eigenvalue weighted by Gasteiger charge is 2.38. The quantitative estimate of drug-likeness (QED) is 0.739. The van der Waals surface area contributed by atoms with Crippen LogP contribution in [-0.2, 0) is 9.53 Å². The number of furan rings is 1. The molecule has 5 nitrogen and oxygen atoms in total. The van der Waals surface area contributed by atoms with Crippen LogP contribution >= 0.6 is 0 Å². The SMILES string of the molecule is CCOC(=O)C1=C(N)Oc2ccc3ccccc3c2[C@H]1c1ccco1. The second kappa shape index (κ2) is 6.02. The van der Waals surface area contributed by atoms with Gasteiger partial charge in [-0.25, -0.2) is 4.79 Å². The van der Waals surface area contributed by atoms with Gasteiger partial charge in [-0.05, 0) is 35.9 Å². The van der Waals surface area contributed by atoms with Crippen molar-refractivity contribution in [2.24, 2.45) is 5.73 Å². The summed E-state index contributed by atoms with van der Waals surface area (Å²) in [5, 5.41) is 2.03. The number of ether oxygens (including phenoxy) is 2. The zero-order valence-electron chi connectivity index (χ0n) is 13.7. The van der Waals surface area contributed by atoms with Gasteiger partial charge >= 0.3 is 5.97 Å². The van der Waals surface area contributed by atoms with E-state index in [0.717, 1.165) is 16.3 Å². The molecule has 0 saturated carbocycles. The van der Waals surface area contributed by atoms with E-state index in [4.69, 9.17) is 19.6 Å². The van der Waals surface area contributed by atoms with Crippen LogP contribution in [0.4, 0.5) is 0 Å². The first-order chi connectivity index (χ1) is 12.2. The van der Waals surface area contributed by atoms with E-state index < -0.39 is 11.9 Å². The first-order valence-electron chi connectivity index (χ1n) is 8.10. The van der Waals surface area contributed by atoms with Gasteiger partial charge in [0.1, 0.15) is 17.1 Å². The summed E-state index contributed by atoms with van der Waals surface area (Å²) < 4.78 is 16.6. The van der Waals surface area contributed by atoms with Crippen molar-refractivity contribution < 1.29 is 18.7 Å². The van der Waals surface area contributed by atoms with Crippen LogP contribution in [0.1, 0.15) is 24.2 Å². The molecule has 0 aliphatic carbocycles.